The SMILES string of the molecule is CCCCC(C(=O)Nc1ccc(Cl)cc1)N1CC(c2ccc3c(c2)OCO3)C(C(=O)O)C1c1ccc(OC)cc1. The van der Waals surface area contributed by atoms with Crippen molar-refractivity contribution in [3.05, 3.63) is 82.9 Å². The number of carboxylic acids is 1. The molecular weight excluding hydrogens is 532 g/mol. The van der Waals surface area contributed by atoms with E-state index in [-0.39, 0.29) is 18.6 Å². The van der Waals surface area contributed by atoms with Gasteiger partial charge in [0.05, 0.1) is 19.1 Å². The molecule has 1 fully saturated rings. The van der Waals surface area contributed by atoms with Crippen LogP contribution in [-0.2, 0) is 9.59 Å². The number of likely N-dealkylation sites (tertiary alicyclic amines) is 1. The summed E-state index contributed by atoms with van der Waals surface area (Å²) in [7, 11) is 1.59. The number of methoxy groups -OCH3 is 1. The number of halogens is 1. The Kier molecular flexibility index (Phi) is 8.47. The van der Waals surface area contributed by atoms with E-state index in [1.165, 1.54) is 0 Å². The molecule has 1 amide bonds. The van der Waals surface area contributed by atoms with Gasteiger partial charge in [0.25, 0.3) is 0 Å². The van der Waals surface area contributed by atoms with Crippen molar-refractivity contribution in [3.63, 3.8) is 0 Å². The zero-order chi connectivity index (χ0) is 28.2. The fourth-order valence-corrected chi connectivity index (χ4v) is 5.90. The number of carboxylic acid groups (broad SMARTS) is 1. The Balaban J connectivity index is 1.56. The maximum Gasteiger partial charge on any atom is 0.309 e. The van der Waals surface area contributed by atoms with Gasteiger partial charge in [0, 0.05) is 29.2 Å². The average molecular weight is 565 g/mol. The number of ether oxygens (including phenoxy) is 3. The number of anilines is 1. The number of rotatable bonds is 10. The molecule has 0 radical (unpaired) electrons. The number of aliphatic carboxylic acids is 1. The summed E-state index contributed by atoms with van der Waals surface area (Å²) >= 11 is 6.04. The number of hydrogen-bond donors (Lipinski definition) is 2. The lowest BCUT2D eigenvalue weighted by atomic mass is 9.82. The van der Waals surface area contributed by atoms with E-state index in [4.69, 9.17) is 25.8 Å². The van der Waals surface area contributed by atoms with Crippen LogP contribution in [-0.4, -0.2) is 48.4 Å². The van der Waals surface area contributed by atoms with Crippen molar-refractivity contribution >= 4 is 29.2 Å². The van der Waals surface area contributed by atoms with Crippen molar-refractivity contribution in [2.24, 2.45) is 5.92 Å². The first kappa shape index (κ1) is 27.8. The van der Waals surface area contributed by atoms with Crippen molar-refractivity contribution in [1.29, 1.82) is 0 Å². The molecule has 0 spiro atoms. The Bertz CT molecular complexity index is 1350. The molecule has 4 atom stereocenters. The van der Waals surface area contributed by atoms with Crippen molar-refractivity contribution in [3.8, 4) is 17.2 Å². The van der Waals surface area contributed by atoms with Gasteiger partial charge in [0.2, 0.25) is 12.7 Å². The lowest BCUT2D eigenvalue weighted by Gasteiger charge is -2.33. The fourth-order valence-electron chi connectivity index (χ4n) is 5.77. The van der Waals surface area contributed by atoms with Crippen molar-refractivity contribution < 1.29 is 28.9 Å². The molecular formula is C31H33ClN2O6. The second-order valence-corrected chi connectivity index (χ2v) is 10.6. The normalized spacial score (nSPS) is 20.7. The highest BCUT2D eigenvalue weighted by molar-refractivity contribution is 6.30. The van der Waals surface area contributed by atoms with Gasteiger partial charge in [-0.1, -0.05) is 49.6 Å². The molecule has 1 saturated heterocycles. The fraction of sp³-hybridized carbons (Fsp3) is 0.355. The molecule has 3 aromatic rings. The molecule has 210 valence electrons. The second kappa shape index (κ2) is 12.2. The topological polar surface area (TPSA) is 97.3 Å². The molecule has 8 nitrogen and oxygen atoms in total. The number of nitrogens with zero attached hydrogens (tertiary/aromatic N) is 1. The standard InChI is InChI=1S/C31H33ClN2O6/c1-3-4-5-25(30(35)33-22-11-9-21(32)10-12-22)34-17-24(20-8-15-26-27(16-20)40-18-39-26)28(31(36)37)29(34)19-6-13-23(38-2)14-7-19/h6-16,24-25,28-29H,3-5,17-18H2,1-2H3,(H,33,35)(H,36,37). The van der Waals surface area contributed by atoms with Gasteiger partial charge < -0.3 is 24.6 Å². The summed E-state index contributed by atoms with van der Waals surface area (Å²) in [6.45, 7) is 2.60. The monoisotopic (exact) mass is 564 g/mol. The lowest BCUT2D eigenvalue weighted by molar-refractivity contribution is -0.143. The highest BCUT2D eigenvalue weighted by Crippen LogP contribution is 2.49. The third-order valence-electron chi connectivity index (χ3n) is 7.75. The summed E-state index contributed by atoms with van der Waals surface area (Å²) in [5.41, 5.74) is 2.29. The molecule has 0 aromatic heterocycles. The van der Waals surface area contributed by atoms with Crippen LogP contribution < -0.4 is 19.5 Å². The Labute approximate surface area is 238 Å². The zero-order valence-electron chi connectivity index (χ0n) is 22.5. The third-order valence-corrected chi connectivity index (χ3v) is 8.00. The van der Waals surface area contributed by atoms with Gasteiger partial charge in [-0.05, 0) is 66.1 Å². The van der Waals surface area contributed by atoms with Gasteiger partial charge in [0.15, 0.2) is 11.5 Å². The lowest BCUT2D eigenvalue weighted by Crippen LogP contribution is -2.45. The first-order valence-electron chi connectivity index (χ1n) is 13.5. The first-order valence-corrected chi connectivity index (χ1v) is 13.9. The number of carbonyl (C=O) groups excluding carboxylic acids is 1. The minimum atomic E-state index is -0.918. The van der Waals surface area contributed by atoms with Crippen LogP contribution in [0.3, 0.4) is 0 Å². The van der Waals surface area contributed by atoms with E-state index >= 15 is 0 Å². The van der Waals surface area contributed by atoms with Crippen LogP contribution >= 0.6 is 11.6 Å². The molecule has 2 heterocycles. The molecule has 2 aliphatic heterocycles. The number of benzene rings is 3. The average Bonchev–Trinajstić information content (AvgIpc) is 3.59. The Morgan fingerprint density at radius 3 is 2.42 bits per heavy atom. The van der Waals surface area contributed by atoms with Crippen LogP contribution in [0.15, 0.2) is 66.7 Å². The highest BCUT2D eigenvalue weighted by atomic mass is 35.5. The number of hydrogen-bond acceptors (Lipinski definition) is 6. The summed E-state index contributed by atoms with van der Waals surface area (Å²) in [6, 6.07) is 18.9. The van der Waals surface area contributed by atoms with Crippen LogP contribution in [0.2, 0.25) is 5.02 Å². The molecule has 0 aliphatic carbocycles. The van der Waals surface area contributed by atoms with E-state index < -0.39 is 24.0 Å². The van der Waals surface area contributed by atoms with E-state index in [0.29, 0.717) is 40.9 Å². The molecule has 2 aliphatic rings. The summed E-state index contributed by atoms with van der Waals surface area (Å²) in [5, 5.41) is 14.2. The van der Waals surface area contributed by atoms with Crippen LogP contribution in [0.25, 0.3) is 0 Å². The van der Waals surface area contributed by atoms with Crippen LogP contribution in [0.4, 0.5) is 5.69 Å². The van der Waals surface area contributed by atoms with Crippen molar-refractivity contribution in [1.82, 2.24) is 4.90 Å². The summed E-state index contributed by atoms with van der Waals surface area (Å²) in [6.07, 6.45) is 2.31. The predicted molar refractivity (Wildman–Crippen MR) is 152 cm³/mol. The van der Waals surface area contributed by atoms with Crippen molar-refractivity contribution in [2.75, 3.05) is 25.8 Å². The minimum Gasteiger partial charge on any atom is -0.497 e. The number of nitrogens with one attached hydrogen (secondary N) is 1. The number of carbonyl (C=O) groups is 2. The Morgan fingerprint density at radius 2 is 1.75 bits per heavy atom. The van der Waals surface area contributed by atoms with E-state index in [0.717, 1.165) is 24.0 Å². The maximum atomic E-state index is 13.9. The van der Waals surface area contributed by atoms with E-state index in [1.54, 1.807) is 31.4 Å². The molecule has 0 bridgehead atoms. The predicted octanol–water partition coefficient (Wildman–Crippen LogP) is 6.12. The third kappa shape index (κ3) is 5.74. The Hall–Kier alpha value is -3.75. The molecule has 40 heavy (non-hydrogen) atoms. The van der Waals surface area contributed by atoms with Gasteiger partial charge in [-0.2, -0.15) is 0 Å². The summed E-state index contributed by atoms with van der Waals surface area (Å²) < 4.78 is 16.4. The molecule has 2 N–H and O–H groups in total. The van der Waals surface area contributed by atoms with E-state index in [2.05, 4.69) is 17.1 Å². The van der Waals surface area contributed by atoms with Gasteiger partial charge >= 0.3 is 5.97 Å². The summed E-state index contributed by atoms with van der Waals surface area (Å²) in [5.74, 6) is -0.365. The summed E-state index contributed by atoms with van der Waals surface area (Å²) in [4.78, 5) is 28.9. The smallest absolute Gasteiger partial charge is 0.309 e. The van der Waals surface area contributed by atoms with Crippen LogP contribution in [0, 0.1) is 5.92 Å². The first-order chi connectivity index (χ1) is 19.4. The minimum absolute atomic E-state index is 0.135. The van der Waals surface area contributed by atoms with Gasteiger partial charge in [0.1, 0.15) is 5.75 Å². The van der Waals surface area contributed by atoms with Crippen molar-refractivity contribution in [2.45, 2.75) is 44.2 Å². The molecule has 5 rings (SSSR count). The van der Waals surface area contributed by atoms with Gasteiger partial charge in [-0.25, -0.2) is 0 Å². The molecule has 0 saturated carbocycles. The van der Waals surface area contributed by atoms with E-state index in [9.17, 15) is 14.7 Å². The number of fused-ring (bicyclic) bond motifs is 1. The quantitative estimate of drug-likeness (QED) is 0.306. The number of amides is 1. The highest BCUT2D eigenvalue weighted by Gasteiger charge is 2.50. The van der Waals surface area contributed by atoms with Gasteiger partial charge in [-0.3, -0.25) is 14.5 Å². The van der Waals surface area contributed by atoms with E-state index in [1.807, 2.05) is 42.5 Å². The molecule has 3 aromatic carbocycles. The van der Waals surface area contributed by atoms with Crippen LogP contribution in [0.5, 0.6) is 17.2 Å². The Morgan fingerprint density at radius 1 is 1.05 bits per heavy atom. The second-order valence-electron chi connectivity index (χ2n) is 10.2. The largest absolute Gasteiger partial charge is 0.497 e. The molecule has 4 unspecified atom stereocenters. The van der Waals surface area contributed by atoms with Crippen LogP contribution in [0.1, 0.15) is 49.3 Å². The molecule has 9 heteroatoms. The van der Waals surface area contributed by atoms with Gasteiger partial charge in [-0.15, -0.1) is 0 Å². The zero-order valence-corrected chi connectivity index (χ0v) is 23.3. The number of unbranched alkanes of at least 4 members (excludes halogenated alkanes) is 1. The maximum absolute atomic E-state index is 13.9.